The summed E-state index contributed by atoms with van der Waals surface area (Å²) in [6.45, 7) is 1.94. The number of aromatic nitrogens is 2. The number of carbonyl (C=O) groups excluding carboxylic acids is 1. The lowest BCUT2D eigenvalue weighted by Crippen LogP contribution is -2.39. The van der Waals surface area contributed by atoms with E-state index >= 15 is 0 Å². The topological polar surface area (TPSA) is 84.1 Å². The highest BCUT2D eigenvalue weighted by atomic mass is 32.1. The first-order valence-corrected chi connectivity index (χ1v) is 6.71. The molecule has 1 aliphatic rings. The van der Waals surface area contributed by atoms with E-state index in [9.17, 15) is 4.79 Å². The maximum absolute atomic E-state index is 11.9. The van der Waals surface area contributed by atoms with Gasteiger partial charge in [0.1, 0.15) is 16.5 Å². The van der Waals surface area contributed by atoms with Crippen LogP contribution >= 0.6 is 12.2 Å². The fourth-order valence-corrected chi connectivity index (χ4v) is 2.07. The van der Waals surface area contributed by atoms with Crippen molar-refractivity contribution in [2.45, 2.75) is 19.3 Å². The van der Waals surface area contributed by atoms with Gasteiger partial charge >= 0.3 is 0 Å². The molecule has 0 bridgehead atoms. The van der Waals surface area contributed by atoms with E-state index in [4.69, 9.17) is 18.0 Å². The molecule has 1 aromatic rings. The third-order valence-electron chi connectivity index (χ3n) is 3.03. The Morgan fingerprint density at radius 3 is 2.63 bits per heavy atom. The summed E-state index contributed by atoms with van der Waals surface area (Å²) < 4.78 is 0. The number of carbonyl (C=O) groups is 1. The fraction of sp³-hybridized carbons (Fsp3) is 0.500. The number of hydrogen-bond donors (Lipinski definition) is 2. The molecule has 0 atom stereocenters. The first-order valence-electron chi connectivity index (χ1n) is 6.30. The number of piperidine rings is 1. The van der Waals surface area contributed by atoms with Gasteiger partial charge in [0.05, 0.1) is 18.9 Å². The second-order valence-corrected chi connectivity index (χ2v) is 4.89. The third-order valence-corrected chi connectivity index (χ3v) is 3.24. The normalized spacial score (nSPS) is 15.1. The number of hydrogen-bond acceptors (Lipinski definition) is 5. The summed E-state index contributed by atoms with van der Waals surface area (Å²) in [7, 11) is 0. The second kappa shape index (κ2) is 6.42. The predicted octanol–water partition coefficient (Wildman–Crippen LogP) is 0.535. The van der Waals surface area contributed by atoms with E-state index in [0.29, 0.717) is 11.5 Å². The Morgan fingerprint density at radius 1 is 1.32 bits per heavy atom. The molecular formula is C12H17N5OS. The van der Waals surface area contributed by atoms with Gasteiger partial charge < -0.3 is 16.0 Å². The van der Waals surface area contributed by atoms with Gasteiger partial charge in [0.25, 0.3) is 0 Å². The van der Waals surface area contributed by atoms with E-state index in [2.05, 4.69) is 15.3 Å². The molecule has 0 aliphatic carbocycles. The summed E-state index contributed by atoms with van der Waals surface area (Å²) >= 11 is 4.79. The smallest absolute Gasteiger partial charge is 0.241 e. The lowest BCUT2D eigenvalue weighted by atomic mass is 10.1. The van der Waals surface area contributed by atoms with Crippen LogP contribution in [-0.2, 0) is 4.79 Å². The molecule has 0 saturated carbocycles. The quantitative estimate of drug-likeness (QED) is 0.782. The summed E-state index contributed by atoms with van der Waals surface area (Å²) in [6.07, 6.45) is 6.42. The largest absolute Gasteiger partial charge is 0.388 e. The van der Waals surface area contributed by atoms with E-state index in [1.165, 1.54) is 18.8 Å². The van der Waals surface area contributed by atoms with Crippen LogP contribution in [0.15, 0.2) is 12.4 Å². The Bertz CT molecular complexity index is 456. The minimum atomic E-state index is 0.0972. The molecule has 1 amide bonds. The van der Waals surface area contributed by atoms with E-state index in [0.717, 1.165) is 25.9 Å². The molecule has 0 spiro atoms. The van der Waals surface area contributed by atoms with Crippen molar-refractivity contribution >= 4 is 28.9 Å². The van der Waals surface area contributed by atoms with Crippen LogP contribution in [0.3, 0.4) is 0 Å². The molecule has 0 radical (unpaired) electrons. The van der Waals surface area contributed by atoms with Crippen LogP contribution in [0.2, 0.25) is 0 Å². The van der Waals surface area contributed by atoms with Gasteiger partial charge in [-0.15, -0.1) is 0 Å². The predicted molar refractivity (Wildman–Crippen MR) is 76.8 cm³/mol. The third kappa shape index (κ3) is 3.85. The molecule has 2 heterocycles. The lowest BCUT2D eigenvalue weighted by Gasteiger charge is -2.26. The highest BCUT2D eigenvalue weighted by Crippen LogP contribution is 2.09. The summed E-state index contributed by atoms with van der Waals surface area (Å²) in [5.41, 5.74) is 5.91. The average molecular weight is 279 g/mol. The molecule has 1 aromatic heterocycles. The summed E-state index contributed by atoms with van der Waals surface area (Å²) in [5.74, 6) is 0.644. The highest BCUT2D eigenvalue weighted by molar-refractivity contribution is 7.80. The number of amides is 1. The number of nitrogens with two attached hydrogens (primary N) is 1. The van der Waals surface area contributed by atoms with Gasteiger partial charge in [-0.3, -0.25) is 4.79 Å². The number of likely N-dealkylation sites (tertiary alicyclic amines) is 1. The van der Waals surface area contributed by atoms with Crippen molar-refractivity contribution in [2.75, 3.05) is 25.0 Å². The van der Waals surface area contributed by atoms with Crippen LogP contribution < -0.4 is 11.1 Å². The number of thiocarbonyl (C=S) groups is 1. The van der Waals surface area contributed by atoms with Crippen molar-refractivity contribution in [2.24, 2.45) is 5.73 Å². The minimum Gasteiger partial charge on any atom is -0.388 e. The fourth-order valence-electron chi connectivity index (χ4n) is 1.97. The van der Waals surface area contributed by atoms with Crippen LogP contribution in [0.1, 0.15) is 25.0 Å². The van der Waals surface area contributed by atoms with Crippen LogP contribution in [-0.4, -0.2) is 45.4 Å². The molecule has 102 valence electrons. The van der Waals surface area contributed by atoms with E-state index in [1.54, 1.807) is 0 Å². The van der Waals surface area contributed by atoms with Crippen molar-refractivity contribution in [1.29, 1.82) is 0 Å². The zero-order valence-corrected chi connectivity index (χ0v) is 11.4. The monoisotopic (exact) mass is 279 g/mol. The van der Waals surface area contributed by atoms with Crippen molar-refractivity contribution in [1.82, 2.24) is 14.9 Å². The van der Waals surface area contributed by atoms with Gasteiger partial charge in [-0.05, 0) is 19.3 Å². The van der Waals surface area contributed by atoms with Crippen molar-refractivity contribution in [3.63, 3.8) is 0 Å². The maximum atomic E-state index is 11.9. The summed E-state index contributed by atoms with van der Waals surface area (Å²) in [6, 6.07) is 0. The maximum Gasteiger partial charge on any atom is 0.241 e. The highest BCUT2D eigenvalue weighted by Gasteiger charge is 2.15. The Kier molecular flexibility index (Phi) is 4.62. The molecule has 1 aliphatic heterocycles. The Hall–Kier alpha value is -1.76. The van der Waals surface area contributed by atoms with Crippen LogP contribution in [0.5, 0.6) is 0 Å². The number of anilines is 1. The SMILES string of the molecule is NC(=S)c1cnc(NCC(=O)N2CCCCC2)cn1. The lowest BCUT2D eigenvalue weighted by molar-refractivity contribution is -0.130. The van der Waals surface area contributed by atoms with Gasteiger partial charge in [0, 0.05) is 13.1 Å². The molecule has 7 heteroatoms. The van der Waals surface area contributed by atoms with E-state index in [-0.39, 0.29) is 17.4 Å². The molecule has 0 aromatic carbocycles. The molecule has 1 saturated heterocycles. The molecule has 1 fully saturated rings. The zero-order valence-electron chi connectivity index (χ0n) is 10.6. The van der Waals surface area contributed by atoms with Crippen molar-refractivity contribution in [3.8, 4) is 0 Å². The zero-order chi connectivity index (χ0) is 13.7. The molecule has 0 unspecified atom stereocenters. The van der Waals surface area contributed by atoms with Gasteiger partial charge in [-0.1, -0.05) is 12.2 Å². The van der Waals surface area contributed by atoms with Gasteiger partial charge in [-0.25, -0.2) is 9.97 Å². The first-order chi connectivity index (χ1) is 9.16. The second-order valence-electron chi connectivity index (χ2n) is 4.45. The standard InChI is InChI=1S/C12H17N5OS/c13-12(19)9-6-15-10(7-14-9)16-8-11(18)17-4-2-1-3-5-17/h6-7H,1-5,8H2,(H2,13,19)(H,15,16). The Balaban J connectivity index is 1.84. The first kappa shape index (κ1) is 13.7. The number of nitrogens with zero attached hydrogens (tertiary/aromatic N) is 3. The van der Waals surface area contributed by atoms with E-state index in [1.807, 2.05) is 4.90 Å². The molecular weight excluding hydrogens is 262 g/mol. The number of nitrogens with one attached hydrogen (secondary N) is 1. The van der Waals surface area contributed by atoms with Crippen molar-refractivity contribution < 1.29 is 4.79 Å². The molecule has 2 rings (SSSR count). The van der Waals surface area contributed by atoms with Gasteiger partial charge in [0.2, 0.25) is 5.91 Å². The van der Waals surface area contributed by atoms with Crippen LogP contribution in [0.4, 0.5) is 5.82 Å². The Labute approximate surface area is 117 Å². The van der Waals surface area contributed by atoms with Gasteiger partial charge in [0.15, 0.2) is 0 Å². The summed E-state index contributed by atoms with van der Waals surface area (Å²) in [5, 5.41) is 2.96. The van der Waals surface area contributed by atoms with Gasteiger partial charge in [-0.2, -0.15) is 0 Å². The molecule has 6 nitrogen and oxygen atoms in total. The average Bonchev–Trinajstić information content (AvgIpc) is 2.46. The van der Waals surface area contributed by atoms with E-state index < -0.39 is 0 Å². The molecule has 3 N–H and O–H groups in total. The number of rotatable bonds is 4. The van der Waals surface area contributed by atoms with Crippen LogP contribution in [0.25, 0.3) is 0 Å². The van der Waals surface area contributed by atoms with Crippen LogP contribution in [0, 0.1) is 0 Å². The summed E-state index contributed by atoms with van der Waals surface area (Å²) in [4.78, 5) is 22.2. The molecule has 19 heavy (non-hydrogen) atoms. The Morgan fingerprint density at radius 2 is 2.05 bits per heavy atom. The van der Waals surface area contributed by atoms with Crippen molar-refractivity contribution in [3.05, 3.63) is 18.1 Å². The minimum absolute atomic E-state index is 0.0972.